The lowest BCUT2D eigenvalue weighted by molar-refractivity contribution is -0.139. The third kappa shape index (κ3) is 7.92. The molecular formula is C25H37N3O4. The minimum Gasteiger partial charge on any atom is -0.444 e. The Morgan fingerprint density at radius 1 is 1.16 bits per heavy atom. The van der Waals surface area contributed by atoms with E-state index in [0.29, 0.717) is 12.0 Å². The number of ether oxygens (including phenoxy) is 1. The predicted octanol–water partition coefficient (Wildman–Crippen LogP) is 3.92. The molecule has 0 heterocycles. The van der Waals surface area contributed by atoms with E-state index in [1.165, 1.54) is 0 Å². The Hall–Kier alpha value is -3.01. The van der Waals surface area contributed by atoms with Gasteiger partial charge in [0, 0.05) is 12.1 Å². The highest BCUT2D eigenvalue weighted by molar-refractivity contribution is 5.93. The van der Waals surface area contributed by atoms with Gasteiger partial charge < -0.3 is 15.4 Å². The molecule has 1 rings (SSSR count). The van der Waals surface area contributed by atoms with Crippen LogP contribution >= 0.6 is 0 Å². The van der Waals surface area contributed by atoms with E-state index in [4.69, 9.17) is 11.2 Å². The van der Waals surface area contributed by atoms with Crippen LogP contribution in [0.3, 0.4) is 0 Å². The van der Waals surface area contributed by atoms with Crippen molar-refractivity contribution >= 4 is 17.9 Å². The van der Waals surface area contributed by atoms with Gasteiger partial charge >= 0.3 is 6.09 Å². The number of rotatable bonds is 8. The van der Waals surface area contributed by atoms with E-state index in [9.17, 15) is 14.4 Å². The first-order valence-electron chi connectivity index (χ1n) is 11.0. The third-order valence-electron chi connectivity index (χ3n) is 4.82. The Labute approximate surface area is 192 Å². The number of carbonyl (C=O) groups is 3. The molecule has 1 aromatic rings. The maximum absolute atomic E-state index is 13.6. The summed E-state index contributed by atoms with van der Waals surface area (Å²) in [6, 6.07) is 7.54. The van der Waals surface area contributed by atoms with Gasteiger partial charge in [0.15, 0.2) is 0 Å². The van der Waals surface area contributed by atoms with Crippen LogP contribution in [0.2, 0.25) is 0 Å². The van der Waals surface area contributed by atoms with E-state index in [1.807, 2.05) is 52.8 Å². The van der Waals surface area contributed by atoms with Crippen molar-refractivity contribution in [3.63, 3.8) is 0 Å². The van der Waals surface area contributed by atoms with Gasteiger partial charge in [0.1, 0.15) is 17.7 Å². The summed E-state index contributed by atoms with van der Waals surface area (Å²) in [5, 5.41) is 5.50. The molecular weight excluding hydrogens is 406 g/mol. The second kappa shape index (κ2) is 11.6. The van der Waals surface area contributed by atoms with Crippen molar-refractivity contribution in [3.8, 4) is 12.5 Å². The molecule has 176 valence electrons. The van der Waals surface area contributed by atoms with Crippen LogP contribution in [0.15, 0.2) is 24.3 Å². The van der Waals surface area contributed by atoms with Gasteiger partial charge in [-0.05, 0) is 53.0 Å². The lowest BCUT2D eigenvalue weighted by Crippen LogP contribution is -2.54. The molecule has 3 atom stereocenters. The molecule has 7 nitrogen and oxygen atoms in total. The fraction of sp³-hybridized carbons (Fsp3) is 0.560. The molecule has 1 aromatic carbocycles. The topological polar surface area (TPSA) is 87.7 Å². The summed E-state index contributed by atoms with van der Waals surface area (Å²) in [4.78, 5) is 40.2. The van der Waals surface area contributed by atoms with Crippen LogP contribution in [0.4, 0.5) is 4.79 Å². The Balaban J connectivity index is 3.39. The number of nitrogens with one attached hydrogen (secondary N) is 2. The monoisotopic (exact) mass is 443 g/mol. The van der Waals surface area contributed by atoms with Crippen LogP contribution in [-0.4, -0.2) is 40.5 Å². The quantitative estimate of drug-likeness (QED) is 0.471. The molecule has 0 saturated carbocycles. The van der Waals surface area contributed by atoms with Crippen molar-refractivity contribution in [2.75, 3.05) is 0 Å². The van der Waals surface area contributed by atoms with Crippen molar-refractivity contribution in [3.05, 3.63) is 35.4 Å². The zero-order valence-corrected chi connectivity index (χ0v) is 20.5. The van der Waals surface area contributed by atoms with Gasteiger partial charge in [0.2, 0.25) is 5.91 Å². The van der Waals surface area contributed by atoms with Crippen LogP contribution in [0.25, 0.3) is 0 Å². The van der Waals surface area contributed by atoms with Gasteiger partial charge in [0.05, 0.1) is 0 Å². The lowest BCUT2D eigenvalue weighted by Gasteiger charge is -2.32. The Morgan fingerprint density at radius 2 is 1.78 bits per heavy atom. The van der Waals surface area contributed by atoms with Crippen LogP contribution < -0.4 is 10.6 Å². The van der Waals surface area contributed by atoms with Crippen molar-refractivity contribution in [1.29, 1.82) is 0 Å². The minimum atomic E-state index is -1.04. The molecule has 0 aliphatic rings. The molecule has 32 heavy (non-hydrogen) atoms. The van der Waals surface area contributed by atoms with Gasteiger partial charge in [-0.2, -0.15) is 0 Å². The highest BCUT2D eigenvalue weighted by Crippen LogP contribution is 2.25. The highest BCUT2D eigenvalue weighted by atomic mass is 16.6. The molecule has 0 aliphatic carbocycles. The van der Waals surface area contributed by atoms with Crippen LogP contribution in [-0.2, 0) is 14.3 Å². The van der Waals surface area contributed by atoms with Crippen molar-refractivity contribution in [2.24, 2.45) is 5.92 Å². The molecule has 3 amide bonds. The molecule has 3 unspecified atom stereocenters. The van der Waals surface area contributed by atoms with E-state index >= 15 is 0 Å². The summed E-state index contributed by atoms with van der Waals surface area (Å²) in [6.45, 7) is 14.5. The first-order chi connectivity index (χ1) is 14.8. The van der Waals surface area contributed by atoms with E-state index < -0.39 is 35.6 Å². The molecule has 0 aliphatic heterocycles. The number of carbonyl (C=O) groups excluding carboxylic acids is 3. The van der Waals surface area contributed by atoms with Gasteiger partial charge in [-0.3, -0.25) is 14.5 Å². The fourth-order valence-electron chi connectivity index (χ4n) is 3.15. The van der Waals surface area contributed by atoms with Gasteiger partial charge in [-0.25, -0.2) is 4.79 Å². The standard InChI is InChI=1S/C25H37N3O4/c1-10-18(6)20(27-24(31)32-25(7,8)9)23(30)28(11-2)21(22(29)26-16(3)4)19-14-12-13-17(5)15-19/h2,12-16,18,20-21H,10H2,1,3-9H3,(H,26,29)(H,27,31). The number of benzene rings is 1. The maximum atomic E-state index is 13.6. The number of hydrogen-bond acceptors (Lipinski definition) is 4. The fourth-order valence-corrected chi connectivity index (χ4v) is 3.15. The first kappa shape index (κ1) is 27.0. The molecule has 0 radical (unpaired) electrons. The number of alkyl carbamates (subject to hydrolysis) is 1. The summed E-state index contributed by atoms with van der Waals surface area (Å²) in [6.07, 6.45) is 5.65. The third-order valence-corrected chi connectivity index (χ3v) is 4.82. The van der Waals surface area contributed by atoms with Gasteiger partial charge in [-0.15, -0.1) is 0 Å². The van der Waals surface area contributed by atoms with E-state index in [0.717, 1.165) is 10.5 Å². The van der Waals surface area contributed by atoms with Gasteiger partial charge in [0.25, 0.3) is 5.91 Å². The van der Waals surface area contributed by atoms with E-state index in [-0.39, 0.29) is 12.0 Å². The second-order valence-corrected chi connectivity index (χ2v) is 9.33. The van der Waals surface area contributed by atoms with Crippen molar-refractivity contribution in [1.82, 2.24) is 15.5 Å². The molecule has 0 bridgehead atoms. The zero-order chi connectivity index (χ0) is 24.6. The van der Waals surface area contributed by atoms with Crippen molar-refractivity contribution < 1.29 is 19.1 Å². The smallest absolute Gasteiger partial charge is 0.408 e. The Kier molecular flexibility index (Phi) is 9.77. The summed E-state index contributed by atoms with van der Waals surface area (Å²) in [7, 11) is 0. The molecule has 0 spiro atoms. The largest absolute Gasteiger partial charge is 0.444 e. The van der Waals surface area contributed by atoms with E-state index in [1.54, 1.807) is 26.8 Å². The summed E-state index contributed by atoms with van der Waals surface area (Å²) in [5.41, 5.74) is 0.800. The van der Waals surface area contributed by atoms with Gasteiger partial charge in [-0.1, -0.05) is 56.5 Å². The summed E-state index contributed by atoms with van der Waals surface area (Å²) < 4.78 is 5.34. The second-order valence-electron chi connectivity index (χ2n) is 9.33. The molecule has 0 fully saturated rings. The number of aryl methyl sites for hydroxylation is 1. The molecule has 2 N–H and O–H groups in total. The van der Waals surface area contributed by atoms with Crippen LogP contribution in [0.5, 0.6) is 0 Å². The highest BCUT2D eigenvalue weighted by Gasteiger charge is 2.37. The zero-order valence-electron chi connectivity index (χ0n) is 20.5. The Morgan fingerprint density at radius 3 is 2.25 bits per heavy atom. The Bertz CT molecular complexity index is 851. The average molecular weight is 444 g/mol. The number of terminal acetylenes is 1. The SMILES string of the molecule is C#CN(C(=O)C(NC(=O)OC(C)(C)C)C(C)CC)C(C(=O)NC(C)C)c1cccc(C)c1. The average Bonchev–Trinajstić information content (AvgIpc) is 2.67. The van der Waals surface area contributed by atoms with Crippen LogP contribution in [0.1, 0.15) is 72.1 Å². The number of amides is 3. The summed E-state index contributed by atoms with van der Waals surface area (Å²) in [5.74, 6) is -1.17. The minimum absolute atomic E-state index is 0.144. The van der Waals surface area contributed by atoms with E-state index in [2.05, 4.69) is 16.7 Å². The number of hydrogen-bond donors (Lipinski definition) is 2. The predicted molar refractivity (Wildman–Crippen MR) is 125 cm³/mol. The first-order valence-corrected chi connectivity index (χ1v) is 11.0. The van der Waals surface area contributed by atoms with Crippen molar-refractivity contribution in [2.45, 2.75) is 85.5 Å². The number of nitrogens with zero attached hydrogens (tertiary/aromatic N) is 1. The molecule has 0 saturated heterocycles. The maximum Gasteiger partial charge on any atom is 0.408 e. The molecule has 7 heteroatoms. The van der Waals surface area contributed by atoms with Crippen LogP contribution in [0, 0.1) is 25.3 Å². The lowest BCUT2D eigenvalue weighted by atomic mass is 9.95. The molecule has 0 aromatic heterocycles. The summed E-state index contributed by atoms with van der Waals surface area (Å²) >= 11 is 0. The normalized spacial score (nSPS) is 14.0.